The highest BCUT2D eigenvalue weighted by Crippen LogP contribution is 2.29. The third-order valence-electron chi connectivity index (χ3n) is 2.81. The number of nitrogens with zero attached hydrogens (tertiary/aromatic N) is 2. The minimum Gasteiger partial charge on any atom is -0.378 e. The Morgan fingerprint density at radius 1 is 1.53 bits per heavy atom. The molecule has 0 radical (unpaired) electrons. The third kappa shape index (κ3) is 2.98. The molecule has 1 heterocycles. The average Bonchev–Trinajstić information content (AvgIpc) is 2.29. The summed E-state index contributed by atoms with van der Waals surface area (Å²) in [7, 11) is 1.78. The fraction of sp³-hybridized carbons (Fsp3) is 0.636. The van der Waals surface area contributed by atoms with Crippen molar-refractivity contribution < 1.29 is 4.74 Å². The highest BCUT2D eigenvalue weighted by molar-refractivity contribution is 6.32. The Balaban J connectivity index is 1.91. The van der Waals surface area contributed by atoms with E-state index < -0.39 is 0 Å². The lowest BCUT2D eigenvalue weighted by Crippen LogP contribution is -2.41. The van der Waals surface area contributed by atoms with Crippen LogP contribution >= 0.6 is 11.6 Å². The van der Waals surface area contributed by atoms with Gasteiger partial charge in [0.25, 0.3) is 0 Å². The summed E-state index contributed by atoms with van der Waals surface area (Å²) in [5.74, 6) is 1.25. The van der Waals surface area contributed by atoms with Crippen LogP contribution in [0, 0.1) is 0 Å². The standard InChI is InChI=1S/C11H17ClN4O/c1-3-17-8-4-7(5-8)15-10-9(12)6-14-11(13-2)16-10/h6-8H,3-5H2,1-2H3,(H2,13,14,15,16). The van der Waals surface area contributed by atoms with Gasteiger partial charge in [-0.25, -0.2) is 4.98 Å². The third-order valence-corrected chi connectivity index (χ3v) is 3.08. The summed E-state index contributed by atoms with van der Waals surface area (Å²) < 4.78 is 5.50. The summed E-state index contributed by atoms with van der Waals surface area (Å²) >= 11 is 6.03. The molecule has 17 heavy (non-hydrogen) atoms. The van der Waals surface area contributed by atoms with Crippen LogP contribution in [0.15, 0.2) is 6.20 Å². The molecular formula is C11H17ClN4O. The van der Waals surface area contributed by atoms with Crippen molar-refractivity contribution in [3.05, 3.63) is 11.2 Å². The maximum absolute atomic E-state index is 6.03. The largest absolute Gasteiger partial charge is 0.378 e. The van der Waals surface area contributed by atoms with Crippen molar-refractivity contribution in [2.24, 2.45) is 0 Å². The molecule has 1 aromatic rings. The lowest BCUT2D eigenvalue weighted by atomic mass is 9.89. The molecule has 0 bridgehead atoms. The summed E-state index contributed by atoms with van der Waals surface area (Å²) in [6.07, 6.45) is 3.98. The SMILES string of the molecule is CCOC1CC(Nc2nc(NC)ncc2Cl)C1. The van der Waals surface area contributed by atoms with Crippen LogP contribution < -0.4 is 10.6 Å². The molecule has 0 atom stereocenters. The van der Waals surface area contributed by atoms with E-state index in [1.807, 2.05) is 6.92 Å². The van der Waals surface area contributed by atoms with E-state index >= 15 is 0 Å². The maximum atomic E-state index is 6.03. The summed E-state index contributed by atoms with van der Waals surface area (Å²) in [5.41, 5.74) is 0. The minimum absolute atomic E-state index is 0.377. The van der Waals surface area contributed by atoms with E-state index in [9.17, 15) is 0 Å². The zero-order valence-electron chi connectivity index (χ0n) is 10.0. The first-order valence-corrected chi connectivity index (χ1v) is 6.19. The molecule has 0 aromatic carbocycles. The first-order chi connectivity index (χ1) is 8.22. The summed E-state index contributed by atoms with van der Waals surface area (Å²) in [4.78, 5) is 8.31. The van der Waals surface area contributed by atoms with Crippen molar-refractivity contribution in [2.45, 2.75) is 31.9 Å². The van der Waals surface area contributed by atoms with Crippen molar-refractivity contribution in [3.63, 3.8) is 0 Å². The molecular weight excluding hydrogens is 240 g/mol. The number of aromatic nitrogens is 2. The van der Waals surface area contributed by atoms with Gasteiger partial charge < -0.3 is 15.4 Å². The molecule has 1 aliphatic rings. The first-order valence-electron chi connectivity index (χ1n) is 5.81. The fourth-order valence-electron chi connectivity index (χ4n) is 1.84. The minimum atomic E-state index is 0.377. The molecule has 1 aliphatic carbocycles. The smallest absolute Gasteiger partial charge is 0.224 e. The molecule has 1 fully saturated rings. The second-order valence-electron chi connectivity index (χ2n) is 4.03. The van der Waals surface area contributed by atoms with E-state index in [1.165, 1.54) is 0 Å². The Labute approximate surface area is 106 Å². The number of ether oxygens (including phenoxy) is 1. The van der Waals surface area contributed by atoms with Crippen molar-refractivity contribution >= 4 is 23.4 Å². The molecule has 0 aliphatic heterocycles. The summed E-state index contributed by atoms with van der Waals surface area (Å²) in [6, 6.07) is 0.392. The number of hydrogen-bond acceptors (Lipinski definition) is 5. The van der Waals surface area contributed by atoms with E-state index in [-0.39, 0.29) is 0 Å². The predicted molar refractivity (Wildman–Crippen MR) is 68.6 cm³/mol. The van der Waals surface area contributed by atoms with Gasteiger partial charge in [-0.05, 0) is 19.8 Å². The van der Waals surface area contributed by atoms with Gasteiger partial charge in [0.1, 0.15) is 5.02 Å². The van der Waals surface area contributed by atoms with E-state index in [1.54, 1.807) is 13.2 Å². The van der Waals surface area contributed by atoms with Gasteiger partial charge >= 0.3 is 0 Å². The van der Waals surface area contributed by atoms with E-state index in [4.69, 9.17) is 16.3 Å². The molecule has 0 amide bonds. The van der Waals surface area contributed by atoms with Gasteiger partial charge in [0.2, 0.25) is 5.95 Å². The van der Waals surface area contributed by atoms with Crippen LogP contribution in [0.1, 0.15) is 19.8 Å². The predicted octanol–water partition coefficient (Wildman–Crippen LogP) is 2.15. The van der Waals surface area contributed by atoms with Gasteiger partial charge in [0.05, 0.1) is 12.3 Å². The molecule has 5 nitrogen and oxygen atoms in total. The van der Waals surface area contributed by atoms with E-state index in [0.29, 0.717) is 28.9 Å². The van der Waals surface area contributed by atoms with E-state index in [2.05, 4.69) is 20.6 Å². The van der Waals surface area contributed by atoms with Crippen LogP contribution in [0.3, 0.4) is 0 Å². The molecule has 0 saturated heterocycles. The van der Waals surface area contributed by atoms with Crippen LogP contribution in [0.25, 0.3) is 0 Å². The van der Waals surface area contributed by atoms with Crippen molar-refractivity contribution in [1.82, 2.24) is 9.97 Å². The highest BCUT2D eigenvalue weighted by atomic mass is 35.5. The number of halogens is 1. The zero-order valence-corrected chi connectivity index (χ0v) is 10.8. The highest BCUT2D eigenvalue weighted by Gasteiger charge is 2.30. The molecule has 0 unspecified atom stereocenters. The normalized spacial score (nSPS) is 23.0. The Bertz CT molecular complexity index is 382. The maximum Gasteiger partial charge on any atom is 0.224 e. The molecule has 2 N–H and O–H groups in total. The Morgan fingerprint density at radius 3 is 2.94 bits per heavy atom. The quantitative estimate of drug-likeness (QED) is 0.845. The van der Waals surface area contributed by atoms with Gasteiger partial charge in [0.15, 0.2) is 5.82 Å². The topological polar surface area (TPSA) is 59.1 Å². The Hall–Kier alpha value is -1.07. The van der Waals surface area contributed by atoms with Gasteiger partial charge in [-0.2, -0.15) is 4.98 Å². The number of anilines is 2. The monoisotopic (exact) mass is 256 g/mol. The van der Waals surface area contributed by atoms with Crippen molar-refractivity contribution in [3.8, 4) is 0 Å². The van der Waals surface area contributed by atoms with Gasteiger partial charge in [-0.15, -0.1) is 0 Å². The second-order valence-corrected chi connectivity index (χ2v) is 4.44. The molecule has 94 valence electrons. The fourth-order valence-corrected chi connectivity index (χ4v) is 1.98. The zero-order chi connectivity index (χ0) is 12.3. The van der Waals surface area contributed by atoms with Gasteiger partial charge in [0, 0.05) is 19.7 Å². The molecule has 6 heteroatoms. The molecule has 1 saturated carbocycles. The number of rotatable bonds is 5. The number of hydrogen-bond donors (Lipinski definition) is 2. The van der Waals surface area contributed by atoms with Crippen LogP contribution in [-0.4, -0.2) is 35.8 Å². The lowest BCUT2D eigenvalue weighted by Gasteiger charge is -2.35. The first kappa shape index (κ1) is 12.4. The van der Waals surface area contributed by atoms with Crippen LogP contribution in [0.4, 0.5) is 11.8 Å². The summed E-state index contributed by atoms with van der Waals surface area (Å²) in [5, 5.41) is 6.74. The molecule has 0 spiro atoms. The van der Waals surface area contributed by atoms with Crippen LogP contribution in [-0.2, 0) is 4.74 Å². The second kappa shape index (κ2) is 5.51. The van der Waals surface area contributed by atoms with Crippen LogP contribution in [0.2, 0.25) is 5.02 Å². The van der Waals surface area contributed by atoms with Crippen molar-refractivity contribution in [2.75, 3.05) is 24.3 Å². The number of nitrogens with one attached hydrogen (secondary N) is 2. The van der Waals surface area contributed by atoms with Crippen LogP contribution in [0.5, 0.6) is 0 Å². The van der Waals surface area contributed by atoms with Gasteiger partial charge in [-0.3, -0.25) is 0 Å². The average molecular weight is 257 g/mol. The molecule has 1 aromatic heterocycles. The lowest BCUT2D eigenvalue weighted by molar-refractivity contribution is 0.00293. The Morgan fingerprint density at radius 2 is 2.29 bits per heavy atom. The summed E-state index contributed by atoms with van der Waals surface area (Å²) in [6.45, 7) is 2.79. The van der Waals surface area contributed by atoms with Gasteiger partial charge in [-0.1, -0.05) is 11.6 Å². The van der Waals surface area contributed by atoms with Crippen molar-refractivity contribution in [1.29, 1.82) is 0 Å². The van der Waals surface area contributed by atoms with E-state index in [0.717, 1.165) is 19.4 Å². The molecule has 2 rings (SSSR count). The Kier molecular flexibility index (Phi) is 4.02.